The Bertz CT molecular complexity index is 941. The molecule has 0 radical (unpaired) electrons. The number of nitrogens with zero attached hydrogens (tertiary/aromatic N) is 2. The summed E-state index contributed by atoms with van der Waals surface area (Å²) in [5.41, 5.74) is 2.75. The number of H-pyrrole nitrogens is 1. The predicted molar refractivity (Wildman–Crippen MR) is 86.3 cm³/mol. The number of carbonyl (C=O) groups excluding carboxylic acids is 2. The maximum Gasteiger partial charge on any atom is 0.267 e. The maximum absolute atomic E-state index is 13.1. The van der Waals surface area contributed by atoms with Crippen molar-refractivity contribution in [3.8, 4) is 11.3 Å². The molecule has 2 heterocycles. The van der Waals surface area contributed by atoms with E-state index in [4.69, 9.17) is 0 Å². The van der Waals surface area contributed by atoms with Crippen LogP contribution in [0.25, 0.3) is 11.3 Å². The van der Waals surface area contributed by atoms with Crippen LogP contribution in [0.15, 0.2) is 48.5 Å². The van der Waals surface area contributed by atoms with Gasteiger partial charge in [-0.15, -0.1) is 0 Å². The van der Waals surface area contributed by atoms with E-state index in [0.717, 1.165) is 10.5 Å². The molecule has 5 nitrogen and oxygen atoms in total. The van der Waals surface area contributed by atoms with Gasteiger partial charge in [0.1, 0.15) is 5.82 Å². The van der Waals surface area contributed by atoms with Gasteiger partial charge < -0.3 is 0 Å². The largest absolute Gasteiger partial charge is 0.275 e. The number of benzene rings is 2. The second-order valence-corrected chi connectivity index (χ2v) is 5.55. The molecule has 0 fully saturated rings. The lowest BCUT2D eigenvalue weighted by atomic mass is 10.1. The number of imide groups is 1. The lowest BCUT2D eigenvalue weighted by Crippen LogP contribution is -2.30. The summed E-state index contributed by atoms with van der Waals surface area (Å²) in [5, 5.41) is 6.98. The number of aromatic nitrogens is 2. The molecule has 6 heteroatoms. The Morgan fingerprint density at radius 2 is 1.54 bits per heavy atom. The third-order valence-corrected chi connectivity index (χ3v) is 4.12. The van der Waals surface area contributed by atoms with E-state index < -0.39 is 11.8 Å². The molecule has 1 aliphatic heterocycles. The van der Waals surface area contributed by atoms with Crippen molar-refractivity contribution in [3.63, 3.8) is 0 Å². The van der Waals surface area contributed by atoms with Gasteiger partial charge in [0.2, 0.25) is 0 Å². The molecule has 1 aliphatic rings. The van der Waals surface area contributed by atoms with Gasteiger partial charge in [0.25, 0.3) is 11.8 Å². The molecule has 1 N–H and O–H groups in total. The number of carbonyl (C=O) groups is 2. The Labute approximate surface area is 136 Å². The molecule has 0 saturated carbocycles. The van der Waals surface area contributed by atoms with Crippen LogP contribution in [0, 0.1) is 12.7 Å². The number of nitrogens with one attached hydrogen (secondary N) is 1. The molecule has 0 unspecified atom stereocenters. The average Bonchev–Trinajstić information content (AvgIpc) is 3.08. The van der Waals surface area contributed by atoms with E-state index in [-0.39, 0.29) is 11.6 Å². The summed E-state index contributed by atoms with van der Waals surface area (Å²) in [7, 11) is 0. The first-order valence-electron chi connectivity index (χ1n) is 7.36. The highest BCUT2D eigenvalue weighted by molar-refractivity contribution is 6.34. The summed E-state index contributed by atoms with van der Waals surface area (Å²) in [5.74, 6) is -0.858. The normalized spacial score (nSPS) is 13.5. The molecule has 1 aromatic heterocycles. The Kier molecular flexibility index (Phi) is 3.06. The van der Waals surface area contributed by atoms with Crippen LogP contribution in [-0.4, -0.2) is 22.0 Å². The van der Waals surface area contributed by atoms with Crippen molar-refractivity contribution in [2.24, 2.45) is 0 Å². The minimum Gasteiger partial charge on any atom is -0.275 e. The van der Waals surface area contributed by atoms with Crippen LogP contribution < -0.4 is 4.90 Å². The quantitative estimate of drug-likeness (QED) is 0.736. The number of halogens is 1. The number of fused-ring (bicyclic) bond motifs is 1. The number of aromatic amines is 1. The summed E-state index contributed by atoms with van der Waals surface area (Å²) in [6.07, 6.45) is 0. The van der Waals surface area contributed by atoms with Crippen LogP contribution in [0.3, 0.4) is 0 Å². The number of rotatable bonds is 2. The van der Waals surface area contributed by atoms with Crippen LogP contribution in [-0.2, 0) is 0 Å². The predicted octanol–water partition coefficient (Wildman–Crippen LogP) is 3.32. The topological polar surface area (TPSA) is 66.1 Å². The van der Waals surface area contributed by atoms with E-state index in [1.54, 1.807) is 43.3 Å². The number of amides is 2. The third kappa shape index (κ3) is 1.96. The van der Waals surface area contributed by atoms with Crippen molar-refractivity contribution in [2.45, 2.75) is 6.92 Å². The fourth-order valence-electron chi connectivity index (χ4n) is 2.89. The van der Waals surface area contributed by atoms with Gasteiger partial charge in [0.05, 0.1) is 16.8 Å². The highest BCUT2D eigenvalue weighted by Gasteiger charge is 2.38. The highest BCUT2D eigenvalue weighted by Crippen LogP contribution is 2.33. The fourth-order valence-corrected chi connectivity index (χ4v) is 2.89. The van der Waals surface area contributed by atoms with Gasteiger partial charge >= 0.3 is 0 Å². The van der Waals surface area contributed by atoms with Crippen molar-refractivity contribution in [1.82, 2.24) is 10.2 Å². The van der Waals surface area contributed by atoms with Gasteiger partial charge in [-0.05, 0) is 43.3 Å². The highest BCUT2D eigenvalue weighted by atomic mass is 19.1. The molecule has 0 atom stereocenters. The van der Waals surface area contributed by atoms with Crippen LogP contribution >= 0.6 is 0 Å². The molecule has 4 rings (SSSR count). The smallest absolute Gasteiger partial charge is 0.267 e. The second-order valence-electron chi connectivity index (χ2n) is 5.55. The molecular weight excluding hydrogens is 309 g/mol. The van der Waals surface area contributed by atoms with Gasteiger partial charge in [-0.25, -0.2) is 9.29 Å². The molecule has 2 aromatic carbocycles. The lowest BCUT2D eigenvalue weighted by molar-refractivity contribution is 0.0925. The molecule has 118 valence electrons. The Hall–Kier alpha value is -3.28. The van der Waals surface area contributed by atoms with E-state index in [9.17, 15) is 14.0 Å². The number of hydrogen-bond acceptors (Lipinski definition) is 3. The van der Waals surface area contributed by atoms with E-state index in [0.29, 0.717) is 22.4 Å². The minimum atomic E-state index is -0.393. The van der Waals surface area contributed by atoms with Gasteiger partial charge in [-0.3, -0.25) is 14.7 Å². The maximum atomic E-state index is 13.1. The third-order valence-electron chi connectivity index (χ3n) is 4.12. The summed E-state index contributed by atoms with van der Waals surface area (Å²) in [4.78, 5) is 26.2. The van der Waals surface area contributed by atoms with Gasteiger partial charge in [0, 0.05) is 11.1 Å². The first-order chi connectivity index (χ1) is 11.6. The van der Waals surface area contributed by atoms with Crippen molar-refractivity contribution >= 4 is 17.6 Å². The molecule has 24 heavy (non-hydrogen) atoms. The fraction of sp³-hybridized carbons (Fsp3) is 0.0556. The van der Waals surface area contributed by atoms with Crippen LogP contribution in [0.1, 0.15) is 26.3 Å². The van der Waals surface area contributed by atoms with Crippen LogP contribution in [0.2, 0.25) is 0 Å². The van der Waals surface area contributed by atoms with E-state index in [1.807, 2.05) is 0 Å². The zero-order valence-electron chi connectivity index (χ0n) is 12.7. The molecule has 0 aliphatic carbocycles. The number of hydrogen-bond donors (Lipinski definition) is 1. The summed E-state index contributed by atoms with van der Waals surface area (Å²) in [6.45, 7) is 1.76. The summed E-state index contributed by atoms with van der Waals surface area (Å²) >= 11 is 0. The van der Waals surface area contributed by atoms with Crippen LogP contribution in [0.5, 0.6) is 0 Å². The summed E-state index contributed by atoms with van der Waals surface area (Å²) < 4.78 is 13.1. The van der Waals surface area contributed by atoms with Gasteiger partial charge in [-0.2, -0.15) is 5.10 Å². The number of anilines is 1. The Morgan fingerprint density at radius 3 is 2.12 bits per heavy atom. The van der Waals surface area contributed by atoms with Crippen molar-refractivity contribution in [1.29, 1.82) is 0 Å². The van der Waals surface area contributed by atoms with Crippen molar-refractivity contribution in [3.05, 3.63) is 71.0 Å². The summed E-state index contributed by atoms with van der Waals surface area (Å²) in [6, 6.07) is 12.6. The molecule has 0 saturated heterocycles. The van der Waals surface area contributed by atoms with E-state index >= 15 is 0 Å². The lowest BCUT2D eigenvalue weighted by Gasteiger charge is -2.11. The monoisotopic (exact) mass is 321 g/mol. The Morgan fingerprint density at radius 1 is 0.958 bits per heavy atom. The zero-order chi connectivity index (χ0) is 16.8. The molecular formula is C18H12FN3O2. The van der Waals surface area contributed by atoms with Crippen molar-refractivity contribution in [2.75, 3.05) is 4.90 Å². The molecule has 0 spiro atoms. The van der Waals surface area contributed by atoms with Crippen LogP contribution in [0.4, 0.5) is 10.2 Å². The van der Waals surface area contributed by atoms with Gasteiger partial charge in [-0.1, -0.05) is 12.1 Å². The standard InChI is InChI=1S/C18H12FN3O2/c1-10-15(11-6-8-12(19)9-7-11)20-21-16(10)22-17(23)13-4-2-3-5-14(13)18(22)24/h2-9H,1H3,(H,20,21). The average molecular weight is 321 g/mol. The van der Waals surface area contributed by atoms with E-state index in [1.165, 1.54) is 12.1 Å². The molecule has 2 amide bonds. The van der Waals surface area contributed by atoms with Gasteiger partial charge in [0.15, 0.2) is 5.82 Å². The molecule has 3 aromatic rings. The molecule has 0 bridgehead atoms. The SMILES string of the molecule is Cc1c(N2C(=O)c3ccccc3C2=O)n[nH]c1-c1ccc(F)cc1. The minimum absolute atomic E-state index is 0.264. The van der Waals surface area contributed by atoms with Crippen molar-refractivity contribution < 1.29 is 14.0 Å². The zero-order valence-corrected chi connectivity index (χ0v) is 12.7. The first kappa shape index (κ1) is 14.3. The Balaban J connectivity index is 1.78. The second kappa shape index (κ2) is 5.13. The van der Waals surface area contributed by atoms with E-state index in [2.05, 4.69) is 10.2 Å². The first-order valence-corrected chi connectivity index (χ1v) is 7.36.